The fraction of sp³-hybridized carbons (Fsp3) is 0.474. The molecule has 0 bridgehead atoms. The molecule has 1 saturated carbocycles. The highest BCUT2D eigenvalue weighted by Gasteiger charge is 2.25. The Balaban J connectivity index is 1.68. The van der Waals surface area contributed by atoms with Crippen LogP contribution in [0, 0.1) is 5.92 Å². The molecule has 8 nitrogen and oxygen atoms in total. The Morgan fingerprint density at radius 2 is 2.07 bits per heavy atom. The Hall–Kier alpha value is -2.74. The van der Waals surface area contributed by atoms with E-state index < -0.39 is 0 Å². The quantitative estimate of drug-likeness (QED) is 0.729. The average molecular weight is 368 g/mol. The maximum absolute atomic E-state index is 12.4. The molecule has 3 aromatic rings. The summed E-state index contributed by atoms with van der Waals surface area (Å²) in [7, 11) is 1.72. The van der Waals surface area contributed by atoms with Crippen LogP contribution in [0.25, 0.3) is 17.0 Å². The van der Waals surface area contributed by atoms with Crippen LogP contribution < -0.4 is 10.9 Å². The fourth-order valence-electron chi connectivity index (χ4n) is 3.79. The first-order valence-corrected chi connectivity index (χ1v) is 9.32. The summed E-state index contributed by atoms with van der Waals surface area (Å²) in [6.07, 6.45) is 10.4. The summed E-state index contributed by atoms with van der Waals surface area (Å²) in [4.78, 5) is 25.5. The number of nitrogens with one attached hydrogen (secondary N) is 1. The van der Waals surface area contributed by atoms with Gasteiger partial charge in [0, 0.05) is 31.5 Å². The van der Waals surface area contributed by atoms with Crippen LogP contribution in [-0.4, -0.2) is 41.3 Å². The first kappa shape index (κ1) is 17.7. The number of hydrogen-bond acceptors (Lipinski definition) is 6. The van der Waals surface area contributed by atoms with E-state index in [1.165, 1.54) is 0 Å². The summed E-state index contributed by atoms with van der Waals surface area (Å²) >= 11 is 0. The van der Waals surface area contributed by atoms with Crippen LogP contribution in [0.4, 0.5) is 5.69 Å². The fourth-order valence-corrected chi connectivity index (χ4v) is 3.79. The standard InChI is InChI=1S/C19H24N6O2/c1-12(26)13-3-5-14(6-4-13)22-15-9-17(27)24(2)16-10-21-19(23-18(15)16)25-8-7-20-11-25/h7-14,22,26H,3-6H2,1-2H3. The van der Waals surface area contributed by atoms with Gasteiger partial charge in [0.1, 0.15) is 11.8 Å². The third-order valence-corrected chi connectivity index (χ3v) is 5.52. The lowest BCUT2D eigenvalue weighted by molar-refractivity contribution is 0.0987. The minimum Gasteiger partial charge on any atom is -0.393 e. The van der Waals surface area contributed by atoms with Crippen molar-refractivity contribution < 1.29 is 5.11 Å². The Morgan fingerprint density at radius 3 is 2.74 bits per heavy atom. The van der Waals surface area contributed by atoms with Gasteiger partial charge in [0.25, 0.3) is 5.56 Å². The molecule has 0 saturated heterocycles. The smallest absolute Gasteiger partial charge is 0.252 e. The largest absolute Gasteiger partial charge is 0.393 e. The highest BCUT2D eigenvalue weighted by molar-refractivity contribution is 5.87. The number of nitrogens with zero attached hydrogens (tertiary/aromatic N) is 5. The Morgan fingerprint density at radius 1 is 1.30 bits per heavy atom. The van der Waals surface area contributed by atoms with Crippen molar-refractivity contribution >= 4 is 16.7 Å². The predicted molar refractivity (Wildman–Crippen MR) is 103 cm³/mol. The number of imidazole rings is 1. The highest BCUT2D eigenvalue weighted by atomic mass is 16.3. The van der Waals surface area contributed by atoms with Crippen molar-refractivity contribution in [3.05, 3.63) is 41.3 Å². The molecule has 1 unspecified atom stereocenters. The molecular formula is C19H24N6O2. The third-order valence-electron chi connectivity index (χ3n) is 5.52. The van der Waals surface area contributed by atoms with E-state index in [-0.39, 0.29) is 17.7 Å². The Bertz CT molecular complexity index is 987. The van der Waals surface area contributed by atoms with Crippen LogP contribution in [0.1, 0.15) is 32.6 Å². The van der Waals surface area contributed by atoms with E-state index >= 15 is 0 Å². The second-order valence-corrected chi connectivity index (χ2v) is 7.33. The number of aliphatic hydroxyl groups is 1. The van der Waals surface area contributed by atoms with Crippen molar-refractivity contribution in [2.45, 2.75) is 44.8 Å². The molecule has 4 rings (SSSR count). The van der Waals surface area contributed by atoms with Crippen molar-refractivity contribution in [2.24, 2.45) is 13.0 Å². The molecule has 1 aliphatic carbocycles. The zero-order valence-corrected chi connectivity index (χ0v) is 15.5. The van der Waals surface area contributed by atoms with E-state index in [0.717, 1.165) is 31.4 Å². The summed E-state index contributed by atoms with van der Waals surface area (Å²) in [6.45, 7) is 1.86. The van der Waals surface area contributed by atoms with E-state index in [1.807, 2.05) is 6.92 Å². The van der Waals surface area contributed by atoms with Crippen molar-refractivity contribution in [3.8, 4) is 5.95 Å². The number of anilines is 1. The second-order valence-electron chi connectivity index (χ2n) is 7.33. The molecule has 1 aliphatic rings. The number of fused-ring (bicyclic) bond motifs is 1. The van der Waals surface area contributed by atoms with Gasteiger partial charge in [-0.3, -0.25) is 9.36 Å². The van der Waals surface area contributed by atoms with Crippen LogP contribution in [0.5, 0.6) is 0 Å². The molecular weight excluding hydrogens is 344 g/mol. The van der Waals surface area contributed by atoms with Gasteiger partial charge in [0.05, 0.1) is 23.5 Å². The monoisotopic (exact) mass is 368 g/mol. The number of aromatic nitrogens is 5. The number of pyridine rings is 1. The first-order chi connectivity index (χ1) is 13.0. The lowest BCUT2D eigenvalue weighted by atomic mass is 9.83. The molecule has 0 amide bonds. The van der Waals surface area contributed by atoms with Gasteiger partial charge in [-0.15, -0.1) is 0 Å². The molecule has 2 N–H and O–H groups in total. The number of aliphatic hydroxyl groups excluding tert-OH is 1. The number of rotatable bonds is 4. The minimum atomic E-state index is -0.263. The SMILES string of the molecule is CC(O)C1CCC(Nc2cc(=O)n(C)c3cnc(-n4ccnc4)nc23)CC1. The topological polar surface area (TPSA) is 97.9 Å². The lowest BCUT2D eigenvalue weighted by Crippen LogP contribution is -2.31. The summed E-state index contributed by atoms with van der Waals surface area (Å²) in [5.41, 5.74) is 2.04. The summed E-state index contributed by atoms with van der Waals surface area (Å²) < 4.78 is 3.30. The Kier molecular flexibility index (Phi) is 4.65. The first-order valence-electron chi connectivity index (χ1n) is 9.32. The third kappa shape index (κ3) is 3.44. The summed E-state index contributed by atoms with van der Waals surface area (Å²) in [6, 6.07) is 1.87. The summed E-state index contributed by atoms with van der Waals surface area (Å²) in [5.74, 6) is 0.873. The molecule has 0 aliphatic heterocycles. The highest BCUT2D eigenvalue weighted by Crippen LogP contribution is 2.30. The van der Waals surface area contributed by atoms with Crippen LogP contribution in [0.3, 0.4) is 0 Å². The molecule has 0 aromatic carbocycles. The van der Waals surface area contributed by atoms with Gasteiger partial charge < -0.3 is 15.0 Å². The zero-order chi connectivity index (χ0) is 19.0. The van der Waals surface area contributed by atoms with Crippen molar-refractivity contribution in [1.29, 1.82) is 0 Å². The number of hydrogen-bond donors (Lipinski definition) is 2. The van der Waals surface area contributed by atoms with E-state index in [1.54, 1.807) is 47.2 Å². The zero-order valence-electron chi connectivity index (χ0n) is 15.5. The van der Waals surface area contributed by atoms with E-state index in [9.17, 15) is 9.90 Å². The van der Waals surface area contributed by atoms with Crippen LogP contribution in [-0.2, 0) is 7.05 Å². The molecule has 3 heterocycles. The van der Waals surface area contributed by atoms with Crippen LogP contribution >= 0.6 is 0 Å². The number of aryl methyl sites for hydroxylation is 1. The van der Waals surface area contributed by atoms with Crippen molar-refractivity contribution in [2.75, 3.05) is 5.32 Å². The molecule has 0 radical (unpaired) electrons. The molecule has 0 spiro atoms. The lowest BCUT2D eigenvalue weighted by Gasteiger charge is -2.31. The molecule has 1 atom stereocenters. The normalized spacial score (nSPS) is 21.3. The van der Waals surface area contributed by atoms with Gasteiger partial charge in [-0.25, -0.2) is 15.0 Å². The van der Waals surface area contributed by atoms with Gasteiger partial charge >= 0.3 is 0 Å². The molecule has 27 heavy (non-hydrogen) atoms. The maximum atomic E-state index is 12.4. The van der Waals surface area contributed by atoms with Crippen LogP contribution in [0.2, 0.25) is 0 Å². The van der Waals surface area contributed by atoms with E-state index in [0.29, 0.717) is 22.9 Å². The molecule has 142 valence electrons. The Labute approximate surface area is 156 Å². The molecule has 3 aromatic heterocycles. The van der Waals surface area contributed by atoms with Gasteiger partial charge in [-0.05, 0) is 38.5 Å². The second kappa shape index (κ2) is 7.11. The van der Waals surface area contributed by atoms with E-state index in [2.05, 4.69) is 20.3 Å². The molecule has 8 heteroatoms. The van der Waals surface area contributed by atoms with Gasteiger partial charge in [-0.2, -0.15) is 0 Å². The minimum absolute atomic E-state index is 0.0957. The average Bonchev–Trinajstić information content (AvgIpc) is 3.21. The molecule has 1 fully saturated rings. The predicted octanol–water partition coefficient (Wildman–Crippen LogP) is 1.87. The van der Waals surface area contributed by atoms with Gasteiger partial charge in [0.2, 0.25) is 5.95 Å². The van der Waals surface area contributed by atoms with Crippen LogP contribution in [0.15, 0.2) is 35.8 Å². The van der Waals surface area contributed by atoms with Crippen molar-refractivity contribution in [1.82, 2.24) is 24.1 Å². The van der Waals surface area contributed by atoms with Crippen molar-refractivity contribution in [3.63, 3.8) is 0 Å². The summed E-state index contributed by atoms with van der Waals surface area (Å²) in [5, 5.41) is 13.3. The van der Waals surface area contributed by atoms with E-state index in [4.69, 9.17) is 0 Å². The maximum Gasteiger partial charge on any atom is 0.252 e. The van der Waals surface area contributed by atoms with Gasteiger partial charge in [-0.1, -0.05) is 0 Å². The van der Waals surface area contributed by atoms with Gasteiger partial charge in [0.15, 0.2) is 0 Å².